The first-order chi connectivity index (χ1) is 8.72. The zero-order valence-electron chi connectivity index (χ0n) is 9.83. The average molecular weight is 240 g/mol. The van der Waals surface area contributed by atoms with Gasteiger partial charge in [0.25, 0.3) is 0 Å². The molecule has 0 saturated heterocycles. The molecule has 6 nitrogen and oxygen atoms in total. The van der Waals surface area contributed by atoms with Crippen LogP contribution in [0.4, 0.5) is 17.6 Å². The zero-order chi connectivity index (χ0) is 12.5. The molecule has 0 fully saturated rings. The third kappa shape index (κ3) is 1.84. The van der Waals surface area contributed by atoms with E-state index in [0.29, 0.717) is 17.6 Å². The Kier molecular flexibility index (Phi) is 2.33. The fraction of sp³-hybridized carbons (Fsp3) is 0.0833. The number of fused-ring (bicyclic) bond motifs is 1. The smallest absolute Gasteiger partial charge is 0.230 e. The molecule has 0 unspecified atom stereocenters. The lowest BCUT2D eigenvalue weighted by molar-refractivity contribution is 0.771. The highest BCUT2D eigenvalue weighted by atomic mass is 15.3. The maximum Gasteiger partial charge on any atom is 0.230 e. The van der Waals surface area contributed by atoms with E-state index < -0.39 is 0 Å². The summed E-state index contributed by atoms with van der Waals surface area (Å²) in [6.45, 7) is 0. The molecule has 18 heavy (non-hydrogen) atoms. The molecule has 0 aliphatic heterocycles. The van der Waals surface area contributed by atoms with Crippen LogP contribution in [0.25, 0.3) is 10.9 Å². The number of aryl methyl sites for hydroxylation is 1. The normalized spacial score (nSPS) is 10.7. The minimum atomic E-state index is 0.449. The molecule has 90 valence electrons. The van der Waals surface area contributed by atoms with Gasteiger partial charge in [0.15, 0.2) is 5.82 Å². The Labute approximate surface area is 103 Å². The number of aromatic nitrogens is 4. The van der Waals surface area contributed by atoms with Gasteiger partial charge in [-0.25, -0.2) is 4.98 Å². The first-order valence-corrected chi connectivity index (χ1v) is 5.51. The first-order valence-electron chi connectivity index (χ1n) is 5.51. The summed E-state index contributed by atoms with van der Waals surface area (Å²) in [5.41, 5.74) is 6.71. The van der Waals surface area contributed by atoms with Gasteiger partial charge < -0.3 is 11.1 Å². The van der Waals surface area contributed by atoms with Crippen molar-refractivity contribution in [3.63, 3.8) is 0 Å². The van der Waals surface area contributed by atoms with E-state index in [0.717, 1.165) is 10.9 Å². The molecule has 6 heteroatoms. The van der Waals surface area contributed by atoms with Gasteiger partial charge in [0.1, 0.15) is 5.82 Å². The van der Waals surface area contributed by atoms with Crippen LogP contribution in [-0.2, 0) is 7.05 Å². The van der Waals surface area contributed by atoms with E-state index >= 15 is 0 Å². The number of rotatable bonds is 2. The molecule has 0 atom stereocenters. The SMILES string of the molecule is Cn1ccc(Nc2nc(N)c3ccccc3n2)n1. The van der Waals surface area contributed by atoms with Gasteiger partial charge in [-0.3, -0.25) is 4.68 Å². The Balaban J connectivity index is 2.02. The van der Waals surface area contributed by atoms with Crippen LogP contribution in [0.2, 0.25) is 0 Å². The van der Waals surface area contributed by atoms with E-state index in [1.54, 1.807) is 4.68 Å². The number of nitrogens with one attached hydrogen (secondary N) is 1. The van der Waals surface area contributed by atoms with Gasteiger partial charge in [-0.05, 0) is 12.1 Å². The molecule has 0 amide bonds. The maximum absolute atomic E-state index is 5.90. The lowest BCUT2D eigenvalue weighted by Gasteiger charge is -2.05. The highest BCUT2D eigenvalue weighted by Gasteiger charge is 2.05. The van der Waals surface area contributed by atoms with Gasteiger partial charge >= 0.3 is 0 Å². The summed E-state index contributed by atoms with van der Waals surface area (Å²) in [7, 11) is 1.85. The molecule has 3 rings (SSSR count). The highest BCUT2D eigenvalue weighted by Crippen LogP contribution is 2.20. The van der Waals surface area contributed by atoms with Crippen molar-refractivity contribution in [2.24, 2.45) is 7.05 Å². The van der Waals surface area contributed by atoms with Gasteiger partial charge in [0.2, 0.25) is 5.95 Å². The number of hydrogen-bond acceptors (Lipinski definition) is 5. The molecule has 2 aromatic heterocycles. The molecule has 0 bridgehead atoms. The minimum absolute atomic E-state index is 0.449. The van der Waals surface area contributed by atoms with Gasteiger partial charge in [-0.15, -0.1) is 0 Å². The molecule has 0 aliphatic carbocycles. The molecule has 3 N–H and O–H groups in total. The standard InChI is InChI=1S/C12H12N6/c1-18-7-6-10(17-18)15-12-14-9-5-3-2-4-8(9)11(13)16-12/h2-7H,1H3,(H3,13,14,15,16,17). The van der Waals surface area contributed by atoms with Crippen LogP contribution in [-0.4, -0.2) is 19.7 Å². The van der Waals surface area contributed by atoms with Crippen LogP contribution < -0.4 is 11.1 Å². The molecule has 0 radical (unpaired) electrons. The average Bonchev–Trinajstić information content (AvgIpc) is 2.75. The van der Waals surface area contributed by atoms with Gasteiger partial charge in [0.05, 0.1) is 5.52 Å². The second-order valence-electron chi connectivity index (χ2n) is 3.95. The van der Waals surface area contributed by atoms with Crippen molar-refractivity contribution in [3.8, 4) is 0 Å². The number of nitrogens with zero attached hydrogens (tertiary/aromatic N) is 4. The van der Waals surface area contributed by atoms with Crippen molar-refractivity contribution in [1.82, 2.24) is 19.7 Å². The summed E-state index contributed by atoms with van der Waals surface area (Å²) in [5, 5.41) is 8.07. The van der Waals surface area contributed by atoms with Gasteiger partial charge in [-0.2, -0.15) is 10.1 Å². The van der Waals surface area contributed by atoms with Crippen molar-refractivity contribution in [2.75, 3.05) is 11.1 Å². The Morgan fingerprint density at radius 3 is 2.78 bits per heavy atom. The summed E-state index contributed by atoms with van der Waals surface area (Å²) in [5.74, 6) is 1.59. The van der Waals surface area contributed by atoms with Crippen LogP contribution >= 0.6 is 0 Å². The topological polar surface area (TPSA) is 81.7 Å². The maximum atomic E-state index is 5.90. The van der Waals surface area contributed by atoms with E-state index in [2.05, 4.69) is 20.4 Å². The summed E-state index contributed by atoms with van der Waals surface area (Å²) < 4.78 is 1.70. The molecular weight excluding hydrogens is 228 g/mol. The third-order valence-electron chi connectivity index (χ3n) is 2.59. The summed E-state index contributed by atoms with van der Waals surface area (Å²) >= 11 is 0. The van der Waals surface area contributed by atoms with Crippen molar-refractivity contribution < 1.29 is 0 Å². The highest BCUT2D eigenvalue weighted by molar-refractivity contribution is 5.89. The Morgan fingerprint density at radius 2 is 2.00 bits per heavy atom. The quantitative estimate of drug-likeness (QED) is 0.712. The minimum Gasteiger partial charge on any atom is -0.383 e. The number of benzene rings is 1. The number of hydrogen-bond donors (Lipinski definition) is 2. The molecule has 2 heterocycles. The van der Waals surface area contributed by atoms with E-state index in [1.807, 2.05) is 43.6 Å². The van der Waals surface area contributed by atoms with Crippen LogP contribution in [0.5, 0.6) is 0 Å². The summed E-state index contributed by atoms with van der Waals surface area (Å²) in [4.78, 5) is 8.60. The van der Waals surface area contributed by atoms with Crippen LogP contribution in [0.15, 0.2) is 36.5 Å². The lowest BCUT2D eigenvalue weighted by atomic mass is 10.2. The third-order valence-corrected chi connectivity index (χ3v) is 2.59. The van der Waals surface area contributed by atoms with Crippen LogP contribution in [0.1, 0.15) is 0 Å². The summed E-state index contributed by atoms with van der Waals surface area (Å²) in [6.07, 6.45) is 1.84. The van der Waals surface area contributed by atoms with Crippen LogP contribution in [0.3, 0.4) is 0 Å². The molecule has 0 saturated carbocycles. The van der Waals surface area contributed by atoms with Crippen molar-refractivity contribution in [2.45, 2.75) is 0 Å². The molecule has 0 spiro atoms. The second-order valence-corrected chi connectivity index (χ2v) is 3.95. The van der Waals surface area contributed by atoms with Crippen molar-refractivity contribution in [1.29, 1.82) is 0 Å². The monoisotopic (exact) mass is 240 g/mol. The molecule has 3 aromatic rings. The molecule has 1 aromatic carbocycles. The van der Waals surface area contributed by atoms with Crippen molar-refractivity contribution >= 4 is 28.5 Å². The zero-order valence-corrected chi connectivity index (χ0v) is 9.83. The molecule has 0 aliphatic rings. The van der Waals surface area contributed by atoms with E-state index in [4.69, 9.17) is 5.73 Å². The number of anilines is 3. The van der Waals surface area contributed by atoms with E-state index in [1.165, 1.54) is 0 Å². The predicted octanol–water partition coefficient (Wildman–Crippen LogP) is 1.69. The Morgan fingerprint density at radius 1 is 1.17 bits per heavy atom. The fourth-order valence-corrected chi connectivity index (χ4v) is 1.75. The van der Waals surface area contributed by atoms with Gasteiger partial charge in [-0.1, -0.05) is 12.1 Å². The Hall–Kier alpha value is -2.63. The summed E-state index contributed by atoms with van der Waals surface area (Å²) in [6, 6.07) is 9.47. The van der Waals surface area contributed by atoms with E-state index in [9.17, 15) is 0 Å². The van der Waals surface area contributed by atoms with E-state index in [-0.39, 0.29) is 0 Å². The second kappa shape index (κ2) is 3.99. The lowest BCUT2D eigenvalue weighted by Crippen LogP contribution is -2.02. The van der Waals surface area contributed by atoms with Gasteiger partial charge in [0, 0.05) is 24.7 Å². The van der Waals surface area contributed by atoms with Crippen LogP contribution in [0, 0.1) is 0 Å². The predicted molar refractivity (Wildman–Crippen MR) is 70.4 cm³/mol. The number of nitrogen functional groups attached to an aromatic ring is 1. The Bertz CT molecular complexity index is 703. The van der Waals surface area contributed by atoms with Crippen molar-refractivity contribution in [3.05, 3.63) is 36.5 Å². The number of nitrogens with two attached hydrogens (primary N) is 1. The largest absolute Gasteiger partial charge is 0.383 e. The fourth-order valence-electron chi connectivity index (χ4n) is 1.75. The first kappa shape index (κ1) is 10.5. The number of para-hydroxylation sites is 1. The molecular formula is C12H12N6.